The van der Waals surface area contributed by atoms with Crippen molar-refractivity contribution < 1.29 is 17.5 Å². The zero-order chi connectivity index (χ0) is 21.1. The molecule has 154 valence electrons. The summed E-state index contributed by atoms with van der Waals surface area (Å²) in [5.41, 5.74) is 0.980. The minimum absolute atomic E-state index is 0.0314. The number of rotatable bonds is 7. The number of nitrogens with one attached hydrogen (secondary N) is 1. The first-order valence-corrected chi connectivity index (χ1v) is 10.6. The summed E-state index contributed by atoms with van der Waals surface area (Å²) in [6, 6.07) is 15.0. The quantitative estimate of drug-likeness (QED) is 0.437. The summed E-state index contributed by atoms with van der Waals surface area (Å²) in [6.07, 6.45) is 0. The second-order valence-corrected chi connectivity index (χ2v) is 8.38. The molecule has 4 aromatic rings. The van der Waals surface area contributed by atoms with Crippen molar-refractivity contribution in [2.45, 2.75) is 4.90 Å². The molecule has 0 saturated carbocycles. The Morgan fingerprint density at radius 3 is 2.63 bits per heavy atom. The molecule has 11 heteroatoms. The van der Waals surface area contributed by atoms with Crippen LogP contribution in [0.15, 0.2) is 65.6 Å². The number of sulfonamides is 1. The Kier molecular flexibility index (Phi) is 5.62. The minimum Gasteiger partial charge on any atom is -0.475 e. The van der Waals surface area contributed by atoms with E-state index in [0.717, 1.165) is 0 Å². The van der Waals surface area contributed by atoms with E-state index in [4.69, 9.17) is 16.3 Å². The molecule has 0 unspecified atom stereocenters. The van der Waals surface area contributed by atoms with E-state index < -0.39 is 15.8 Å². The summed E-state index contributed by atoms with van der Waals surface area (Å²) in [5.74, 6) is 0.202. The smallest absolute Gasteiger partial charge is 0.240 e. The van der Waals surface area contributed by atoms with Gasteiger partial charge in [-0.3, -0.25) is 0 Å². The fourth-order valence-corrected chi connectivity index (χ4v) is 3.82. The van der Waals surface area contributed by atoms with Crippen molar-refractivity contribution >= 4 is 27.3 Å². The van der Waals surface area contributed by atoms with Crippen molar-refractivity contribution in [2.75, 3.05) is 13.2 Å². The zero-order valence-electron chi connectivity index (χ0n) is 15.4. The molecule has 0 saturated heterocycles. The first-order chi connectivity index (χ1) is 14.4. The summed E-state index contributed by atoms with van der Waals surface area (Å²) >= 11 is 5.78. The first kappa shape index (κ1) is 20.2. The Hall–Kier alpha value is -3.08. The van der Waals surface area contributed by atoms with Crippen LogP contribution in [0, 0.1) is 5.82 Å². The summed E-state index contributed by atoms with van der Waals surface area (Å²) < 4.78 is 47.4. The third-order valence-electron chi connectivity index (χ3n) is 4.09. The van der Waals surface area contributed by atoms with Gasteiger partial charge in [0.2, 0.25) is 15.9 Å². The lowest BCUT2D eigenvalue weighted by atomic mass is 10.2. The highest BCUT2D eigenvalue weighted by Gasteiger charge is 2.14. The van der Waals surface area contributed by atoms with Crippen molar-refractivity contribution in [1.82, 2.24) is 24.5 Å². The van der Waals surface area contributed by atoms with Gasteiger partial charge in [0, 0.05) is 23.2 Å². The summed E-state index contributed by atoms with van der Waals surface area (Å²) in [4.78, 5) is 0.107. The summed E-state index contributed by atoms with van der Waals surface area (Å²) in [6.45, 7) is 0.0758. The number of ether oxygens (including phenoxy) is 1. The van der Waals surface area contributed by atoms with Crippen molar-refractivity contribution in [3.63, 3.8) is 0 Å². The molecule has 1 N–H and O–H groups in total. The van der Waals surface area contributed by atoms with Gasteiger partial charge in [0.05, 0.1) is 4.90 Å². The van der Waals surface area contributed by atoms with Crippen LogP contribution < -0.4 is 9.46 Å². The van der Waals surface area contributed by atoms with Crippen LogP contribution in [0.5, 0.6) is 5.88 Å². The summed E-state index contributed by atoms with van der Waals surface area (Å²) in [7, 11) is -3.67. The highest BCUT2D eigenvalue weighted by atomic mass is 35.5. The monoisotopic (exact) mass is 447 g/mol. The van der Waals surface area contributed by atoms with E-state index in [1.54, 1.807) is 24.3 Å². The second kappa shape index (κ2) is 8.34. The van der Waals surface area contributed by atoms with E-state index in [0.29, 0.717) is 22.1 Å². The molecule has 0 aliphatic heterocycles. The number of benzene rings is 2. The number of aromatic nitrogens is 4. The molecule has 0 amide bonds. The standard InChI is InChI=1S/C19H15ClFN5O3S/c20-14-4-6-16(7-5-14)30(27,28)22-10-11-29-18-9-8-17-23-24-19(26(17)25-18)13-2-1-3-15(21)12-13/h1-9,12,22H,10-11H2. The van der Waals surface area contributed by atoms with Gasteiger partial charge in [0.15, 0.2) is 11.5 Å². The lowest BCUT2D eigenvalue weighted by Gasteiger charge is -2.08. The molecule has 2 heterocycles. The van der Waals surface area contributed by atoms with Gasteiger partial charge in [-0.2, -0.15) is 4.52 Å². The van der Waals surface area contributed by atoms with Gasteiger partial charge < -0.3 is 4.74 Å². The van der Waals surface area contributed by atoms with E-state index in [2.05, 4.69) is 20.0 Å². The van der Waals surface area contributed by atoms with Gasteiger partial charge in [-0.15, -0.1) is 15.3 Å². The van der Waals surface area contributed by atoms with E-state index in [1.165, 1.54) is 40.9 Å². The first-order valence-electron chi connectivity index (χ1n) is 8.79. The molecule has 4 rings (SSSR count). The molecular weight excluding hydrogens is 433 g/mol. The van der Waals surface area contributed by atoms with Crippen LogP contribution in [0.4, 0.5) is 4.39 Å². The Bertz CT molecular complexity index is 1300. The molecule has 0 spiro atoms. The van der Waals surface area contributed by atoms with Crippen molar-refractivity contribution in [2.24, 2.45) is 0 Å². The molecule has 2 aromatic heterocycles. The summed E-state index contributed by atoms with van der Waals surface area (Å²) in [5, 5.41) is 12.8. The number of halogens is 2. The van der Waals surface area contributed by atoms with Crippen molar-refractivity contribution in [3.05, 3.63) is 71.5 Å². The van der Waals surface area contributed by atoms with Gasteiger partial charge in [-0.05, 0) is 42.5 Å². The highest BCUT2D eigenvalue weighted by molar-refractivity contribution is 7.89. The van der Waals surface area contributed by atoms with E-state index in [-0.39, 0.29) is 23.9 Å². The molecule has 2 aromatic carbocycles. The SMILES string of the molecule is O=S(=O)(NCCOc1ccc2nnc(-c3cccc(F)c3)n2n1)c1ccc(Cl)cc1. The lowest BCUT2D eigenvalue weighted by molar-refractivity contribution is 0.306. The molecule has 8 nitrogen and oxygen atoms in total. The van der Waals surface area contributed by atoms with Crippen LogP contribution in [0.1, 0.15) is 0 Å². The van der Waals surface area contributed by atoms with Gasteiger partial charge >= 0.3 is 0 Å². The van der Waals surface area contributed by atoms with Crippen molar-refractivity contribution in [3.8, 4) is 17.3 Å². The Labute approximate surface area is 176 Å². The molecule has 0 atom stereocenters. The normalized spacial score (nSPS) is 11.7. The molecule has 0 bridgehead atoms. The van der Waals surface area contributed by atoms with Crippen LogP contribution in [0.3, 0.4) is 0 Å². The van der Waals surface area contributed by atoms with Gasteiger partial charge in [0.25, 0.3) is 0 Å². The molecule has 30 heavy (non-hydrogen) atoms. The zero-order valence-corrected chi connectivity index (χ0v) is 16.9. The number of nitrogens with zero attached hydrogens (tertiary/aromatic N) is 4. The van der Waals surface area contributed by atoms with Gasteiger partial charge in [-0.1, -0.05) is 23.7 Å². The Balaban J connectivity index is 1.43. The molecular formula is C19H15ClFN5O3S. The van der Waals surface area contributed by atoms with Crippen LogP contribution >= 0.6 is 11.6 Å². The topological polar surface area (TPSA) is 98.5 Å². The number of hydrogen-bond donors (Lipinski definition) is 1. The maximum absolute atomic E-state index is 13.5. The average Bonchev–Trinajstić information content (AvgIpc) is 3.15. The lowest BCUT2D eigenvalue weighted by Crippen LogP contribution is -2.28. The van der Waals surface area contributed by atoms with E-state index >= 15 is 0 Å². The van der Waals surface area contributed by atoms with Crippen LogP contribution in [-0.4, -0.2) is 41.4 Å². The van der Waals surface area contributed by atoms with E-state index in [1.807, 2.05) is 0 Å². The van der Waals surface area contributed by atoms with Gasteiger partial charge in [0.1, 0.15) is 12.4 Å². The number of fused-ring (bicyclic) bond motifs is 1. The van der Waals surface area contributed by atoms with E-state index in [9.17, 15) is 12.8 Å². The Morgan fingerprint density at radius 2 is 1.87 bits per heavy atom. The maximum Gasteiger partial charge on any atom is 0.240 e. The van der Waals surface area contributed by atoms with Crippen LogP contribution in [-0.2, 0) is 10.0 Å². The molecule has 0 aliphatic carbocycles. The van der Waals surface area contributed by atoms with Gasteiger partial charge in [-0.25, -0.2) is 17.5 Å². The van der Waals surface area contributed by atoms with Crippen LogP contribution in [0.25, 0.3) is 17.0 Å². The minimum atomic E-state index is -3.67. The third-order valence-corrected chi connectivity index (χ3v) is 5.82. The fraction of sp³-hybridized carbons (Fsp3) is 0.105. The predicted molar refractivity (Wildman–Crippen MR) is 108 cm³/mol. The number of hydrogen-bond acceptors (Lipinski definition) is 6. The predicted octanol–water partition coefficient (Wildman–Crippen LogP) is 2.94. The highest BCUT2D eigenvalue weighted by Crippen LogP contribution is 2.20. The maximum atomic E-state index is 13.5. The Morgan fingerprint density at radius 1 is 1.07 bits per heavy atom. The fourth-order valence-electron chi connectivity index (χ4n) is 2.69. The van der Waals surface area contributed by atoms with Crippen LogP contribution in [0.2, 0.25) is 5.02 Å². The van der Waals surface area contributed by atoms with Crippen molar-refractivity contribution in [1.29, 1.82) is 0 Å². The third kappa shape index (κ3) is 4.40. The molecule has 0 aliphatic rings. The molecule has 0 fully saturated rings. The second-order valence-electron chi connectivity index (χ2n) is 6.18. The average molecular weight is 448 g/mol. The largest absolute Gasteiger partial charge is 0.475 e. The molecule has 0 radical (unpaired) electrons.